The van der Waals surface area contributed by atoms with Crippen LogP contribution in [-0.4, -0.2) is 54.8 Å². The molecule has 0 spiro atoms. The highest BCUT2D eigenvalue weighted by atomic mass is 16.5. The fourth-order valence-corrected chi connectivity index (χ4v) is 4.58. The first-order valence-corrected chi connectivity index (χ1v) is 10.9. The Morgan fingerprint density at radius 1 is 0.903 bits per heavy atom. The van der Waals surface area contributed by atoms with E-state index in [1.165, 1.54) is 16.9 Å². The van der Waals surface area contributed by atoms with Crippen LogP contribution < -0.4 is 10.2 Å². The van der Waals surface area contributed by atoms with Crippen LogP contribution >= 0.6 is 0 Å². The van der Waals surface area contributed by atoms with Crippen LogP contribution in [0, 0.1) is 0 Å². The lowest BCUT2D eigenvalue weighted by molar-refractivity contribution is -0.117. The molecule has 5 rings (SSSR count). The molecule has 0 bridgehead atoms. The van der Waals surface area contributed by atoms with Gasteiger partial charge in [0.2, 0.25) is 5.91 Å². The molecule has 160 valence electrons. The molecule has 3 heterocycles. The SMILES string of the molecule is O=C(CN1CCn2cccc2[C@H]1c1ccccc1)Nc1ccc(N2CCOCC2)cc1. The van der Waals surface area contributed by atoms with E-state index in [9.17, 15) is 4.79 Å². The predicted octanol–water partition coefficient (Wildman–Crippen LogP) is 3.37. The molecule has 31 heavy (non-hydrogen) atoms. The zero-order valence-electron chi connectivity index (χ0n) is 17.6. The Hall–Kier alpha value is -3.09. The molecule has 0 aliphatic carbocycles. The number of ether oxygens (including phenoxy) is 1. The van der Waals surface area contributed by atoms with Gasteiger partial charge in [0.15, 0.2) is 0 Å². The Kier molecular flexibility index (Phi) is 5.74. The van der Waals surface area contributed by atoms with E-state index in [2.05, 4.69) is 74.4 Å². The van der Waals surface area contributed by atoms with E-state index in [1.807, 2.05) is 18.2 Å². The first-order chi connectivity index (χ1) is 15.3. The van der Waals surface area contributed by atoms with Gasteiger partial charge in [-0.3, -0.25) is 9.69 Å². The maximum atomic E-state index is 12.9. The number of anilines is 2. The smallest absolute Gasteiger partial charge is 0.238 e. The lowest BCUT2D eigenvalue weighted by atomic mass is 10.00. The number of carbonyl (C=O) groups is 1. The summed E-state index contributed by atoms with van der Waals surface area (Å²) in [5.74, 6) is 0.0139. The summed E-state index contributed by atoms with van der Waals surface area (Å²) in [4.78, 5) is 17.5. The van der Waals surface area contributed by atoms with Crippen LogP contribution in [-0.2, 0) is 16.1 Å². The number of benzene rings is 2. The molecule has 2 aromatic carbocycles. The number of morpholine rings is 1. The van der Waals surface area contributed by atoms with Crippen LogP contribution in [0.4, 0.5) is 11.4 Å². The summed E-state index contributed by atoms with van der Waals surface area (Å²) in [6.07, 6.45) is 2.12. The van der Waals surface area contributed by atoms with Crippen molar-refractivity contribution in [3.63, 3.8) is 0 Å². The third-order valence-corrected chi connectivity index (χ3v) is 6.13. The summed E-state index contributed by atoms with van der Waals surface area (Å²) in [5, 5.41) is 3.08. The van der Waals surface area contributed by atoms with Crippen LogP contribution in [0.1, 0.15) is 17.3 Å². The van der Waals surface area contributed by atoms with Crippen molar-refractivity contribution in [1.82, 2.24) is 9.47 Å². The first-order valence-electron chi connectivity index (χ1n) is 10.9. The third-order valence-electron chi connectivity index (χ3n) is 6.13. The van der Waals surface area contributed by atoms with Gasteiger partial charge in [0.1, 0.15) is 0 Å². The van der Waals surface area contributed by atoms with Crippen molar-refractivity contribution < 1.29 is 9.53 Å². The van der Waals surface area contributed by atoms with E-state index < -0.39 is 0 Å². The monoisotopic (exact) mass is 416 g/mol. The first kappa shape index (κ1) is 19.8. The van der Waals surface area contributed by atoms with Gasteiger partial charge in [0, 0.05) is 49.4 Å². The molecular formula is C25H28N4O2. The van der Waals surface area contributed by atoms with Gasteiger partial charge in [-0.15, -0.1) is 0 Å². The number of hydrogen-bond acceptors (Lipinski definition) is 4. The minimum Gasteiger partial charge on any atom is -0.378 e. The number of fused-ring (bicyclic) bond motifs is 1. The van der Waals surface area contributed by atoms with Crippen molar-refractivity contribution in [2.75, 3.05) is 49.6 Å². The van der Waals surface area contributed by atoms with Crippen molar-refractivity contribution in [2.24, 2.45) is 0 Å². The fourth-order valence-electron chi connectivity index (χ4n) is 4.58. The molecule has 3 aromatic rings. The molecule has 1 N–H and O–H groups in total. The zero-order valence-corrected chi connectivity index (χ0v) is 17.6. The normalized spacial score (nSPS) is 19.1. The summed E-state index contributed by atoms with van der Waals surface area (Å²) in [7, 11) is 0. The number of amides is 1. The maximum Gasteiger partial charge on any atom is 0.238 e. The van der Waals surface area contributed by atoms with Gasteiger partial charge in [-0.05, 0) is 42.0 Å². The molecule has 0 unspecified atom stereocenters. The quantitative estimate of drug-likeness (QED) is 0.693. The van der Waals surface area contributed by atoms with Gasteiger partial charge in [-0.1, -0.05) is 30.3 Å². The van der Waals surface area contributed by atoms with Gasteiger partial charge < -0.3 is 19.5 Å². The molecule has 0 saturated carbocycles. The molecular weight excluding hydrogens is 388 g/mol. The molecule has 1 atom stereocenters. The van der Waals surface area contributed by atoms with E-state index in [0.717, 1.165) is 45.1 Å². The van der Waals surface area contributed by atoms with E-state index in [1.54, 1.807) is 0 Å². The van der Waals surface area contributed by atoms with Crippen LogP contribution in [0.15, 0.2) is 72.9 Å². The molecule has 1 fully saturated rings. The van der Waals surface area contributed by atoms with Crippen LogP contribution in [0.25, 0.3) is 0 Å². The number of aromatic nitrogens is 1. The van der Waals surface area contributed by atoms with Gasteiger partial charge in [0.05, 0.1) is 25.8 Å². The number of nitrogens with one attached hydrogen (secondary N) is 1. The van der Waals surface area contributed by atoms with E-state index in [-0.39, 0.29) is 11.9 Å². The molecule has 1 saturated heterocycles. The molecule has 6 nitrogen and oxygen atoms in total. The van der Waals surface area contributed by atoms with Crippen LogP contribution in [0.5, 0.6) is 0 Å². The standard InChI is InChI=1S/C25H28N4O2/c30-24(26-21-8-10-22(11-9-21)27-15-17-31-18-16-27)19-29-14-13-28-12-4-7-23(28)25(29)20-5-2-1-3-6-20/h1-12,25H,13-19H2,(H,26,30)/t25-/m1/s1. The summed E-state index contributed by atoms with van der Waals surface area (Å²) in [5.41, 5.74) is 4.45. The largest absolute Gasteiger partial charge is 0.378 e. The molecule has 6 heteroatoms. The topological polar surface area (TPSA) is 49.7 Å². The van der Waals surface area contributed by atoms with E-state index in [0.29, 0.717) is 6.54 Å². The molecule has 1 aromatic heterocycles. The second kappa shape index (κ2) is 8.96. The zero-order chi connectivity index (χ0) is 21.0. The van der Waals surface area contributed by atoms with Crippen LogP contribution in [0.2, 0.25) is 0 Å². The lowest BCUT2D eigenvalue weighted by Crippen LogP contribution is -2.42. The predicted molar refractivity (Wildman–Crippen MR) is 122 cm³/mol. The highest BCUT2D eigenvalue weighted by Crippen LogP contribution is 2.32. The molecule has 1 amide bonds. The maximum absolute atomic E-state index is 12.9. The fraction of sp³-hybridized carbons (Fsp3) is 0.320. The second-order valence-electron chi connectivity index (χ2n) is 8.10. The summed E-state index contributed by atoms with van der Waals surface area (Å²) < 4.78 is 7.71. The Morgan fingerprint density at radius 2 is 1.68 bits per heavy atom. The molecule has 2 aliphatic heterocycles. The van der Waals surface area contributed by atoms with E-state index >= 15 is 0 Å². The Morgan fingerprint density at radius 3 is 2.45 bits per heavy atom. The van der Waals surface area contributed by atoms with E-state index in [4.69, 9.17) is 4.74 Å². The summed E-state index contributed by atoms with van der Waals surface area (Å²) in [6, 6.07) is 22.9. The Balaban J connectivity index is 1.27. The van der Waals surface area contributed by atoms with Crippen LogP contribution in [0.3, 0.4) is 0 Å². The average Bonchev–Trinajstić information content (AvgIpc) is 3.29. The van der Waals surface area contributed by atoms with Gasteiger partial charge in [-0.2, -0.15) is 0 Å². The number of nitrogens with zero attached hydrogens (tertiary/aromatic N) is 3. The molecule has 2 aliphatic rings. The minimum atomic E-state index is 0.0139. The van der Waals surface area contributed by atoms with Gasteiger partial charge >= 0.3 is 0 Å². The van der Waals surface area contributed by atoms with Gasteiger partial charge in [0.25, 0.3) is 0 Å². The summed E-state index contributed by atoms with van der Waals surface area (Å²) >= 11 is 0. The Bertz CT molecular complexity index is 1010. The number of carbonyl (C=O) groups excluding carboxylic acids is 1. The average molecular weight is 417 g/mol. The lowest BCUT2D eigenvalue weighted by Gasteiger charge is -2.36. The number of hydrogen-bond donors (Lipinski definition) is 1. The minimum absolute atomic E-state index is 0.0139. The van der Waals surface area contributed by atoms with Crippen molar-refractivity contribution in [2.45, 2.75) is 12.6 Å². The Labute approximate surface area is 183 Å². The second-order valence-corrected chi connectivity index (χ2v) is 8.10. The third kappa shape index (κ3) is 4.36. The van der Waals surface area contributed by atoms with Crippen molar-refractivity contribution in [3.05, 3.63) is 84.2 Å². The molecule has 0 radical (unpaired) electrons. The van der Waals surface area contributed by atoms with Crippen molar-refractivity contribution >= 4 is 17.3 Å². The highest BCUT2D eigenvalue weighted by Gasteiger charge is 2.29. The summed E-state index contributed by atoms with van der Waals surface area (Å²) in [6.45, 7) is 5.43. The highest BCUT2D eigenvalue weighted by molar-refractivity contribution is 5.92. The van der Waals surface area contributed by atoms with Crippen molar-refractivity contribution in [1.29, 1.82) is 0 Å². The number of rotatable bonds is 5. The van der Waals surface area contributed by atoms with Gasteiger partial charge in [-0.25, -0.2) is 0 Å². The van der Waals surface area contributed by atoms with Crippen molar-refractivity contribution in [3.8, 4) is 0 Å².